The molecule has 4 aliphatic carbocycles. The van der Waals surface area contributed by atoms with E-state index < -0.39 is 0 Å². The number of fused-ring (bicyclic) bond motifs is 5. The molecule has 0 bridgehead atoms. The molecule has 0 heterocycles. The monoisotopic (exact) mass is 286 g/mol. The first-order valence-electron chi connectivity index (χ1n) is 8.06. The van der Waals surface area contributed by atoms with Gasteiger partial charge in [0.05, 0.1) is 0 Å². The van der Waals surface area contributed by atoms with Gasteiger partial charge in [-0.05, 0) is 55.1 Å². The molecule has 2 saturated carbocycles. The molecule has 21 heavy (non-hydrogen) atoms. The van der Waals surface area contributed by atoms with Crippen LogP contribution in [-0.2, 0) is 4.79 Å². The molecule has 3 heteroatoms. The minimum absolute atomic E-state index is 0.00799. The molecule has 3 nitrogen and oxygen atoms in total. The van der Waals surface area contributed by atoms with Gasteiger partial charge in [0.15, 0.2) is 5.76 Å². The third-order valence-corrected chi connectivity index (χ3v) is 6.61. The summed E-state index contributed by atoms with van der Waals surface area (Å²) in [5, 5.41) is 20.2. The zero-order chi connectivity index (χ0) is 14.8. The number of carbonyl (C=O) groups excluding carboxylic acids is 1. The van der Waals surface area contributed by atoms with Gasteiger partial charge in [0.1, 0.15) is 11.5 Å². The largest absolute Gasteiger partial charge is 0.508 e. The van der Waals surface area contributed by atoms with Crippen LogP contribution < -0.4 is 0 Å². The highest BCUT2D eigenvalue weighted by molar-refractivity contribution is 5.87. The molecule has 0 unspecified atom stereocenters. The molecule has 0 amide bonds. The smallest absolute Gasteiger partial charge is 0.153 e. The van der Waals surface area contributed by atoms with E-state index >= 15 is 0 Å². The number of allylic oxidation sites excluding steroid dienone is 4. The van der Waals surface area contributed by atoms with Gasteiger partial charge in [-0.15, -0.1) is 0 Å². The maximum absolute atomic E-state index is 12.3. The number of hydrogen-bond donors (Lipinski definition) is 2. The third-order valence-electron chi connectivity index (χ3n) is 6.61. The van der Waals surface area contributed by atoms with Gasteiger partial charge in [0.25, 0.3) is 0 Å². The molecule has 0 aromatic rings. The van der Waals surface area contributed by atoms with Gasteiger partial charge in [0.2, 0.25) is 0 Å². The predicted molar refractivity (Wildman–Crippen MR) is 79.7 cm³/mol. The number of Topliss-reactive ketones (excluding diaryl/α,β-unsaturated/α-hetero) is 1. The Morgan fingerprint density at radius 3 is 2.81 bits per heavy atom. The maximum atomic E-state index is 12.3. The van der Waals surface area contributed by atoms with Crippen molar-refractivity contribution in [3.05, 3.63) is 35.3 Å². The topological polar surface area (TPSA) is 57.5 Å². The summed E-state index contributed by atoms with van der Waals surface area (Å²) in [5.41, 5.74) is 0.998. The second kappa shape index (κ2) is 4.25. The normalized spacial score (nSPS) is 45.0. The summed E-state index contributed by atoms with van der Waals surface area (Å²) < 4.78 is 0. The van der Waals surface area contributed by atoms with Gasteiger partial charge in [-0.1, -0.05) is 19.1 Å². The Hall–Kier alpha value is -1.51. The zero-order valence-electron chi connectivity index (χ0n) is 12.4. The lowest BCUT2D eigenvalue weighted by atomic mass is 9.54. The summed E-state index contributed by atoms with van der Waals surface area (Å²) in [7, 11) is 0. The first-order valence-corrected chi connectivity index (χ1v) is 8.06. The van der Waals surface area contributed by atoms with Crippen LogP contribution in [0, 0.1) is 29.1 Å². The molecule has 2 N–H and O–H groups in total. The van der Waals surface area contributed by atoms with Crippen molar-refractivity contribution in [2.45, 2.75) is 39.0 Å². The van der Waals surface area contributed by atoms with E-state index in [4.69, 9.17) is 0 Å². The molecule has 0 saturated heterocycles. The lowest BCUT2D eigenvalue weighted by molar-refractivity contribution is -0.130. The van der Waals surface area contributed by atoms with Crippen molar-refractivity contribution in [1.82, 2.24) is 0 Å². The van der Waals surface area contributed by atoms with E-state index in [1.165, 1.54) is 0 Å². The van der Waals surface area contributed by atoms with Gasteiger partial charge >= 0.3 is 0 Å². The van der Waals surface area contributed by atoms with Gasteiger partial charge in [0, 0.05) is 17.8 Å². The summed E-state index contributed by atoms with van der Waals surface area (Å²) in [6.07, 6.45) is 10.3. The van der Waals surface area contributed by atoms with Crippen LogP contribution in [0.25, 0.3) is 0 Å². The standard InChI is InChI=1S/C18H22O3/c1-18-9-8-12-11(13(18)5-7-15(18)20)4-2-10-3-6-14(19)17(21)16(10)12/h2-3,6,11-13,16,19,21H,4-5,7-9H2,1H3/t11-,12+,13+,16+,18+/m1/s1. The van der Waals surface area contributed by atoms with Crippen LogP contribution in [0.3, 0.4) is 0 Å². The quantitative estimate of drug-likeness (QED) is 0.711. The fraction of sp³-hybridized carbons (Fsp3) is 0.611. The summed E-state index contributed by atoms with van der Waals surface area (Å²) >= 11 is 0. The van der Waals surface area contributed by atoms with Crippen molar-refractivity contribution in [2.75, 3.05) is 0 Å². The van der Waals surface area contributed by atoms with Crippen LogP contribution in [-0.4, -0.2) is 16.0 Å². The van der Waals surface area contributed by atoms with Gasteiger partial charge in [-0.2, -0.15) is 0 Å². The number of aliphatic hydroxyl groups is 2. The molecule has 2 fully saturated rings. The Morgan fingerprint density at radius 1 is 1.19 bits per heavy atom. The number of rotatable bonds is 0. The van der Waals surface area contributed by atoms with E-state index in [9.17, 15) is 15.0 Å². The van der Waals surface area contributed by atoms with E-state index in [2.05, 4.69) is 13.0 Å². The van der Waals surface area contributed by atoms with E-state index in [0.29, 0.717) is 23.5 Å². The van der Waals surface area contributed by atoms with Crippen molar-refractivity contribution in [3.8, 4) is 0 Å². The number of carbonyl (C=O) groups is 1. The van der Waals surface area contributed by atoms with Gasteiger partial charge < -0.3 is 10.2 Å². The number of aliphatic hydroxyl groups excluding tert-OH is 2. The average molecular weight is 286 g/mol. The fourth-order valence-electron chi connectivity index (χ4n) is 5.44. The van der Waals surface area contributed by atoms with E-state index in [1.807, 2.05) is 6.08 Å². The Morgan fingerprint density at radius 2 is 2.00 bits per heavy atom. The first-order chi connectivity index (χ1) is 10.0. The van der Waals surface area contributed by atoms with Crippen molar-refractivity contribution >= 4 is 5.78 Å². The minimum atomic E-state index is -0.140. The third kappa shape index (κ3) is 1.63. The Labute approximate surface area is 125 Å². The predicted octanol–water partition coefficient (Wildman–Crippen LogP) is 3.84. The molecule has 0 radical (unpaired) electrons. The molecule has 4 rings (SSSR count). The molecule has 0 spiro atoms. The highest BCUT2D eigenvalue weighted by atomic mass is 16.3. The van der Waals surface area contributed by atoms with Crippen LogP contribution in [0.5, 0.6) is 0 Å². The SMILES string of the molecule is C[C@]12CC[C@@H]3[C@@H]4C(=CC[C@H]3[C@@H]1CCC2=O)C=CC(O)=C4O. The highest BCUT2D eigenvalue weighted by Gasteiger charge is 2.56. The van der Waals surface area contributed by atoms with Crippen molar-refractivity contribution in [3.63, 3.8) is 0 Å². The molecule has 0 aromatic carbocycles. The van der Waals surface area contributed by atoms with Crippen molar-refractivity contribution in [2.24, 2.45) is 29.1 Å². The molecule has 112 valence electrons. The lowest BCUT2D eigenvalue weighted by Gasteiger charge is -2.50. The summed E-state index contributed by atoms with van der Waals surface area (Å²) in [6.45, 7) is 2.15. The summed E-state index contributed by atoms with van der Waals surface area (Å²) in [4.78, 5) is 12.3. The van der Waals surface area contributed by atoms with Crippen LogP contribution >= 0.6 is 0 Å². The fourth-order valence-corrected chi connectivity index (χ4v) is 5.44. The van der Waals surface area contributed by atoms with E-state index in [0.717, 1.165) is 37.7 Å². The molecule has 0 aliphatic heterocycles. The van der Waals surface area contributed by atoms with Gasteiger partial charge in [-0.3, -0.25) is 4.79 Å². The lowest BCUT2D eigenvalue weighted by Crippen LogP contribution is -2.45. The molecular weight excluding hydrogens is 264 g/mol. The maximum Gasteiger partial charge on any atom is 0.153 e. The zero-order valence-corrected chi connectivity index (χ0v) is 12.4. The second-order valence-electron chi connectivity index (χ2n) is 7.37. The Bertz CT molecular complexity index is 598. The number of hydrogen-bond acceptors (Lipinski definition) is 3. The second-order valence-corrected chi connectivity index (χ2v) is 7.37. The Kier molecular flexibility index (Phi) is 2.66. The molecule has 4 aliphatic rings. The summed E-state index contributed by atoms with van der Waals surface area (Å²) in [6, 6.07) is 0. The van der Waals surface area contributed by atoms with Crippen molar-refractivity contribution < 1.29 is 15.0 Å². The Balaban J connectivity index is 1.73. The van der Waals surface area contributed by atoms with Crippen LogP contribution in [0.1, 0.15) is 39.0 Å². The highest BCUT2D eigenvalue weighted by Crippen LogP contribution is 2.59. The minimum Gasteiger partial charge on any atom is -0.508 e. The van der Waals surface area contributed by atoms with Crippen LogP contribution in [0.2, 0.25) is 0 Å². The summed E-state index contributed by atoms with van der Waals surface area (Å²) in [5.74, 6) is 1.79. The van der Waals surface area contributed by atoms with Crippen molar-refractivity contribution in [1.29, 1.82) is 0 Å². The first kappa shape index (κ1) is 13.2. The number of ketones is 1. The molecule has 5 atom stereocenters. The van der Waals surface area contributed by atoms with E-state index in [1.54, 1.807) is 6.08 Å². The van der Waals surface area contributed by atoms with E-state index in [-0.39, 0.29) is 22.9 Å². The molecule has 0 aromatic heterocycles. The average Bonchev–Trinajstić information content (AvgIpc) is 2.78. The van der Waals surface area contributed by atoms with Crippen LogP contribution in [0.15, 0.2) is 35.3 Å². The molecular formula is C18H22O3. The van der Waals surface area contributed by atoms with Gasteiger partial charge in [-0.25, -0.2) is 0 Å². The van der Waals surface area contributed by atoms with Crippen LogP contribution in [0.4, 0.5) is 0 Å².